The molecule has 2 aromatic carbocycles. The number of hydrogen-bond acceptors (Lipinski definition) is 3. The van der Waals surface area contributed by atoms with E-state index in [2.05, 4.69) is 9.71 Å². The highest BCUT2D eigenvalue weighted by atomic mass is 32.2. The molecule has 1 atom stereocenters. The average molecular weight is 363 g/mol. The van der Waals surface area contributed by atoms with E-state index in [-0.39, 0.29) is 10.5 Å². The van der Waals surface area contributed by atoms with E-state index in [9.17, 15) is 17.2 Å². The van der Waals surface area contributed by atoms with E-state index in [1.807, 2.05) is 0 Å². The number of imidazole rings is 1. The predicted molar refractivity (Wildman–Crippen MR) is 88.2 cm³/mol. The van der Waals surface area contributed by atoms with Crippen LogP contribution in [0.2, 0.25) is 0 Å². The summed E-state index contributed by atoms with van der Waals surface area (Å²) in [6, 6.07) is 9.37. The van der Waals surface area contributed by atoms with Crippen molar-refractivity contribution in [2.45, 2.75) is 10.9 Å². The molecule has 3 aromatic rings. The molecule has 1 N–H and O–H groups in total. The molecule has 130 valence electrons. The van der Waals surface area contributed by atoms with E-state index in [4.69, 9.17) is 0 Å². The van der Waals surface area contributed by atoms with Gasteiger partial charge in [0.2, 0.25) is 10.0 Å². The van der Waals surface area contributed by atoms with Crippen molar-refractivity contribution in [1.82, 2.24) is 14.3 Å². The van der Waals surface area contributed by atoms with Crippen molar-refractivity contribution in [3.8, 4) is 0 Å². The Labute approximate surface area is 144 Å². The number of nitrogens with one attached hydrogen (secondary N) is 1. The third-order valence-electron chi connectivity index (χ3n) is 3.71. The SMILES string of the molecule is Cn1ccnc1[C@@H](NS(=O)(=O)c1cccc(F)c1)c1ccccc1F. The van der Waals surface area contributed by atoms with Gasteiger partial charge in [-0.2, -0.15) is 4.72 Å². The fourth-order valence-electron chi connectivity index (χ4n) is 2.48. The molecular formula is C17H15F2N3O2S. The average Bonchev–Trinajstić information content (AvgIpc) is 2.99. The van der Waals surface area contributed by atoms with Crippen LogP contribution in [0.25, 0.3) is 0 Å². The van der Waals surface area contributed by atoms with Crippen LogP contribution in [0.15, 0.2) is 65.8 Å². The molecule has 1 aromatic heterocycles. The van der Waals surface area contributed by atoms with E-state index in [1.165, 1.54) is 36.5 Å². The van der Waals surface area contributed by atoms with Crippen LogP contribution in [0, 0.1) is 11.6 Å². The predicted octanol–water partition coefficient (Wildman–Crippen LogP) is 2.77. The number of nitrogens with zero attached hydrogens (tertiary/aromatic N) is 2. The van der Waals surface area contributed by atoms with E-state index in [0.29, 0.717) is 5.82 Å². The third kappa shape index (κ3) is 3.59. The molecule has 0 saturated heterocycles. The summed E-state index contributed by atoms with van der Waals surface area (Å²) in [5, 5.41) is 0. The van der Waals surface area contributed by atoms with Crippen LogP contribution in [0.1, 0.15) is 17.4 Å². The smallest absolute Gasteiger partial charge is 0.241 e. The lowest BCUT2D eigenvalue weighted by molar-refractivity contribution is 0.543. The Kier molecular flexibility index (Phi) is 4.65. The maximum Gasteiger partial charge on any atom is 0.241 e. The largest absolute Gasteiger partial charge is 0.336 e. The van der Waals surface area contributed by atoms with E-state index in [1.54, 1.807) is 23.9 Å². The van der Waals surface area contributed by atoms with Crippen molar-refractivity contribution in [2.24, 2.45) is 7.05 Å². The zero-order valence-electron chi connectivity index (χ0n) is 13.2. The highest BCUT2D eigenvalue weighted by molar-refractivity contribution is 7.89. The van der Waals surface area contributed by atoms with Gasteiger partial charge in [-0.05, 0) is 24.3 Å². The molecule has 0 aliphatic heterocycles. The Morgan fingerprint density at radius 1 is 1.12 bits per heavy atom. The first kappa shape index (κ1) is 17.2. The van der Waals surface area contributed by atoms with Gasteiger partial charge in [-0.25, -0.2) is 22.2 Å². The van der Waals surface area contributed by atoms with E-state index < -0.39 is 27.7 Å². The summed E-state index contributed by atoms with van der Waals surface area (Å²) in [6.07, 6.45) is 3.11. The number of rotatable bonds is 5. The minimum atomic E-state index is -4.10. The molecule has 0 fully saturated rings. The zero-order chi connectivity index (χ0) is 18.0. The summed E-state index contributed by atoms with van der Waals surface area (Å²) in [5.74, 6) is -0.940. The molecule has 25 heavy (non-hydrogen) atoms. The standard InChI is InChI=1S/C17H15F2N3O2S/c1-22-10-9-20-17(22)16(14-7-2-3-8-15(14)19)21-25(23,24)13-6-4-5-12(18)11-13/h2-11,16,21H,1H3/t16-/m0/s1. The van der Waals surface area contributed by atoms with Gasteiger partial charge in [0.15, 0.2) is 0 Å². The highest BCUT2D eigenvalue weighted by Crippen LogP contribution is 2.25. The normalized spacial score (nSPS) is 12.9. The molecule has 0 aliphatic rings. The summed E-state index contributed by atoms with van der Waals surface area (Å²) in [7, 11) is -2.43. The van der Waals surface area contributed by atoms with Gasteiger partial charge in [0.25, 0.3) is 0 Å². The molecule has 5 nitrogen and oxygen atoms in total. The quantitative estimate of drug-likeness (QED) is 0.758. The Balaban J connectivity index is 2.07. The van der Waals surface area contributed by atoms with Gasteiger partial charge in [0, 0.05) is 25.0 Å². The Morgan fingerprint density at radius 3 is 2.52 bits per heavy atom. The molecule has 0 bridgehead atoms. The second-order valence-corrected chi connectivity index (χ2v) is 7.14. The van der Waals surface area contributed by atoms with E-state index in [0.717, 1.165) is 12.1 Å². The third-order valence-corrected chi connectivity index (χ3v) is 5.13. The summed E-state index contributed by atoms with van der Waals surface area (Å²) >= 11 is 0. The van der Waals surface area contributed by atoms with Gasteiger partial charge in [0.1, 0.15) is 23.5 Å². The summed E-state index contributed by atoms with van der Waals surface area (Å²) in [5.41, 5.74) is 0.122. The minimum Gasteiger partial charge on any atom is -0.336 e. The second kappa shape index (κ2) is 6.73. The molecule has 0 amide bonds. The van der Waals surface area contributed by atoms with Crippen LogP contribution in [-0.2, 0) is 17.1 Å². The Hall–Kier alpha value is -2.58. The van der Waals surface area contributed by atoms with Crippen molar-refractivity contribution in [3.63, 3.8) is 0 Å². The summed E-state index contributed by atoms with van der Waals surface area (Å²) in [4.78, 5) is 3.88. The van der Waals surface area contributed by atoms with Gasteiger partial charge in [-0.15, -0.1) is 0 Å². The molecule has 0 saturated carbocycles. The fraction of sp³-hybridized carbons (Fsp3) is 0.118. The van der Waals surface area contributed by atoms with Gasteiger partial charge in [0.05, 0.1) is 4.90 Å². The van der Waals surface area contributed by atoms with Crippen molar-refractivity contribution < 1.29 is 17.2 Å². The number of halogens is 2. The number of aryl methyl sites for hydroxylation is 1. The summed E-state index contributed by atoms with van der Waals surface area (Å²) in [6.45, 7) is 0. The molecule has 8 heteroatoms. The van der Waals surface area contributed by atoms with Crippen LogP contribution >= 0.6 is 0 Å². The first-order valence-corrected chi connectivity index (χ1v) is 8.86. The number of hydrogen-bond donors (Lipinski definition) is 1. The van der Waals surface area contributed by atoms with Gasteiger partial charge in [-0.3, -0.25) is 0 Å². The van der Waals surface area contributed by atoms with Crippen molar-refractivity contribution >= 4 is 10.0 Å². The maximum absolute atomic E-state index is 14.3. The molecule has 1 heterocycles. The van der Waals surface area contributed by atoms with Gasteiger partial charge >= 0.3 is 0 Å². The lowest BCUT2D eigenvalue weighted by Crippen LogP contribution is -2.31. The van der Waals surface area contributed by atoms with Crippen molar-refractivity contribution in [2.75, 3.05) is 0 Å². The minimum absolute atomic E-state index is 0.122. The fourth-order valence-corrected chi connectivity index (χ4v) is 3.68. The lowest BCUT2D eigenvalue weighted by atomic mass is 10.1. The van der Waals surface area contributed by atoms with Gasteiger partial charge < -0.3 is 4.57 Å². The van der Waals surface area contributed by atoms with Crippen molar-refractivity contribution in [1.29, 1.82) is 0 Å². The monoisotopic (exact) mass is 363 g/mol. The Morgan fingerprint density at radius 2 is 1.88 bits per heavy atom. The maximum atomic E-state index is 14.3. The van der Waals surface area contributed by atoms with Crippen LogP contribution in [-0.4, -0.2) is 18.0 Å². The summed E-state index contributed by atoms with van der Waals surface area (Å²) < 4.78 is 57.0. The number of aromatic nitrogens is 2. The van der Waals surface area contributed by atoms with Crippen LogP contribution in [0.4, 0.5) is 8.78 Å². The number of benzene rings is 2. The molecule has 0 spiro atoms. The molecular weight excluding hydrogens is 348 g/mol. The molecule has 0 radical (unpaired) electrons. The van der Waals surface area contributed by atoms with Crippen molar-refractivity contribution in [3.05, 3.63) is 83.9 Å². The number of sulfonamides is 1. The van der Waals surface area contributed by atoms with Crippen LogP contribution in [0.5, 0.6) is 0 Å². The first-order valence-electron chi connectivity index (χ1n) is 7.38. The zero-order valence-corrected chi connectivity index (χ0v) is 14.0. The first-order chi connectivity index (χ1) is 11.9. The Bertz CT molecular complexity index is 1000. The second-order valence-electron chi connectivity index (χ2n) is 5.43. The van der Waals surface area contributed by atoms with Crippen LogP contribution in [0.3, 0.4) is 0 Å². The highest BCUT2D eigenvalue weighted by Gasteiger charge is 2.27. The lowest BCUT2D eigenvalue weighted by Gasteiger charge is -2.19. The molecule has 0 unspecified atom stereocenters. The van der Waals surface area contributed by atoms with E-state index >= 15 is 0 Å². The van der Waals surface area contributed by atoms with Crippen LogP contribution < -0.4 is 4.72 Å². The molecule has 3 rings (SSSR count). The van der Waals surface area contributed by atoms with Gasteiger partial charge in [-0.1, -0.05) is 24.3 Å². The topological polar surface area (TPSA) is 64.0 Å². The molecule has 0 aliphatic carbocycles.